The highest BCUT2D eigenvalue weighted by Gasteiger charge is 2.33. The van der Waals surface area contributed by atoms with E-state index in [1.165, 1.54) is 32.1 Å². The Morgan fingerprint density at radius 1 is 1.12 bits per heavy atom. The smallest absolute Gasteiger partial charge is 0.333 e. The van der Waals surface area contributed by atoms with Crippen molar-refractivity contribution in [2.75, 3.05) is 0 Å². The van der Waals surface area contributed by atoms with Crippen LogP contribution in [0.2, 0.25) is 0 Å². The van der Waals surface area contributed by atoms with Crippen LogP contribution >= 0.6 is 0 Å². The summed E-state index contributed by atoms with van der Waals surface area (Å²) >= 11 is 0. The number of carbonyl (C=O) groups is 1. The van der Waals surface area contributed by atoms with Crippen LogP contribution in [0.3, 0.4) is 0 Å². The van der Waals surface area contributed by atoms with Crippen LogP contribution in [-0.4, -0.2) is 12.1 Å². The van der Waals surface area contributed by atoms with E-state index in [1.807, 2.05) is 0 Å². The number of carbonyl (C=O) groups excluding carboxylic acids is 1. The van der Waals surface area contributed by atoms with Gasteiger partial charge in [0.15, 0.2) is 0 Å². The number of fused-ring (bicyclic) bond motifs is 1. The van der Waals surface area contributed by atoms with Gasteiger partial charge in [0.2, 0.25) is 0 Å². The van der Waals surface area contributed by atoms with Gasteiger partial charge in [0, 0.05) is 5.57 Å². The van der Waals surface area contributed by atoms with Gasteiger partial charge in [-0.25, -0.2) is 4.79 Å². The number of rotatable bonds is 2. The fraction of sp³-hybridized carbons (Fsp3) is 0.786. The van der Waals surface area contributed by atoms with Crippen molar-refractivity contribution < 1.29 is 9.53 Å². The Morgan fingerprint density at radius 3 is 2.50 bits per heavy atom. The van der Waals surface area contributed by atoms with Gasteiger partial charge in [0.05, 0.1) is 0 Å². The lowest BCUT2D eigenvalue weighted by Crippen LogP contribution is -2.33. The molecule has 90 valence electrons. The van der Waals surface area contributed by atoms with Gasteiger partial charge in [-0.2, -0.15) is 0 Å². The Hall–Kier alpha value is -0.790. The lowest BCUT2D eigenvalue weighted by molar-refractivity contribution is -0.147. The van der Waals surface area contributed by atoms with Gasteiger partial charge in [-0.1, -0.05) is 32.3 Å². The van der Waals surface area contributed by atoms with Gasteiger partial charge in [0.25, 0.3) is 0 Å². The predicted octanol–water partition coefficient (Wildman–Crippen LogP) is 3.46. The van der Waals surface area contributed by atoms with Crippen molar-refractivity contribution in [1.29, 1.82) is 0 Å². The maximum atomic E-state index is 11.4. The molecule has 2 fully saturated rings. The molecule has 2 aliphatic rings. The van der Waals surface area contributed by atoms with Gasteiger partial charge in [-0.3, -0.25) is 0 Å². The van der Waals surface area contributed by atoms with E-state index in [2.05, 4.69) is 6.58 Å². The maximum Gasteiger partial charge on any atom is 0.333 e. The van der Waals surface area contributed by atoms with E-state index in [9.17, 15) is 4.79 Å². The van der Waals surface area contributed by atoms with Crippen molar-refractivity contribution in [3.8, 4) is 0 Å². The summed E-state index contributed by atoms with van der Waals surface area (Å²) in [5, 5.41) is 0. The van der Waals surface area contributed by atoms with Crippen molar-refractivity contribution in [3.63, 3.8) is 0 Å². The van der Waals surface area contributed by atoms with Crippen molar-refractivity contribution >= 4 is 5.97 Å². The summed E-state index contributed by atoms with van der Waals surface area (Å²) in [4.78, 5) is 11.4. The fourth-order valence-electron chi connectivity index (χ4n) is 3.19. The van der Waals surface area contributed by atoms with E-state index in [1.54, 1.807) is 6.92 Å². The monoisotopic (exact) mass is 222 g/mol. The normalized spacial score (nSPS) is 33.9. The van der Waals surface area contributed by atoms with Crippen molar-refractivity contribution in [1.82, 2.24) is 0 Å². The van der Waals surface area contributed by atoms with Gasteiger partial charge in [-0.15, -0.1) is 0 Å². The second kappa shape index (κ2) is 5.03. The molecule has 16 heavy (non-hydrogen) atoms. The summed E-state index contributed by atoms with van der Waals surface area (Å²) < 4.78 is 5.46. The van der Waals surface area contributed by atoms with Crippen LogP contribution in [0, 0.1) is 11.8 Å². The van der Waals surface area contributed by atoms with E-state index in [0.717, 1.165) is 24.7 Å². The average Bonchev–Trinajstić information content (AvgIpc) is 2.28. The van der Waals surface area contributed by atoms with E-state index >= 15 is 0 Å². The molecule has 0 heterocycles. The molecule has 2 nitrogen and oxygen atoms in total. The molecule has 0 spiro atoms. The van der Waals surface area contributed by atoms with Crippen molar-refractivity contribution in [2.45, 2.75) is 58.0 Å². The van der Waals surface area contributed by atoms with Crippen LogP contribution in [0.15, 0.2) is 12.2 Å². The fourth-order valence-corrected chi connectivity index (χ4v) is 3.19. The molecule has 0 aliphatic heterocycles. The highest BCUT2D eigenvalue weighted by molar-refractivity contribution is 5.87. The molecule has 2 heteroatoms. The summed E-state index contributed by atoms with van der Waals surface area (Å²) in [6.45, 7) is 5.34. The third kappa shape index (κ3) is 2.66. The number of hydrogen-bond acceptors (Lipinski definition) is 2. The van der Waals surface area contributed by atoms with Gasteiger partial charge in [-0.05, 0) is 38.0 Å². The first-order chi connectivity index (χ1) is 7.66. The zero-order chi connectivity index (χ0) is 11.5. The van der Waals surface area contributed by atoms with Crippen molar-refractivity contribution in [3.05, 3.63) is 12.2 Å². The van der Waals surface area contributed by atoms with Crippen LogP contribution in [0.1, 0.15) is 51.9 Å². The molecule has 0 saturated heterocycles. The molecular weight excluding hydrogens is 200 g/mol. The molecule has 0 N–H and O–H groups in total. The summed E-state index contributed by atoms with van der Waals surface area (Å²) in [6, 6.07) is 0. The molecular formula is C14H22O2. The molecule has 0 amide bonds. The Labute approximate surface area is 98.1 Å². The highest BCUT2D eigenvalue weighted by Crippen LogP contribution is 2.41. The van der Waals surface area contributed by atoms with E-state index in [-0.39, 0.29) is 12.1 Å². The SMILES string of the molecule is C=C(C)C(=O)O[C@H]1CC[C@@H]2CCCC[C@@H]2C1. The molecule has 3 atom stereocenters. The second-order valence-corrected chi connectivity index (χ2v) is 5.43. The van der Waals surface area contributed by atoms with Crippen LogP contribution in [0.4, 0.5) is 0 Å². The standard InChI is InChI=1S/C14H22O2/c1-10(2)14(15)16-13-8-7-11-5-3-4-6-12(11)9-13/h11-13H,1,3-9H2,2H3/t11-,12+,13-/m0/s1. The summed E-state index contributed by atoms with van der Waals surface area (Å²) in [6.07, 6.45) is 9.04. The molecule has 0 aromatic carbocycles. The number of hydrogen-bond donors (Lipinski definition) is 0. The van der Waals surface area contributed by atoms with Crippen LogP contribution < -0.4 is 0 Å². The van der Waals surface area contributed by atoms with Crippen molar-refractivity contribution in [2.24, 2.45) is 11.8 Å². The zero-order valence-electron chi connectivity index (χ0n) is 10.2. The minimum absolute atomic E-state index is 0.156. The van der Waals surface area contributed by atoms with Gasteiger partial charge >= 0.3 is 5.97 Å². The molecule has 2 rings (SSSR count). The molecule has 2 aliphatic carbocycles. The Bertz CT molecular complexity index is 282. The van der Waals surface area contributed by atoms with E-state index < -0.39 is 0 Å². The first kappa shape index (κ1) is 11.7. The van der Waals surface area contributed by atoms with Crippen LogP contribution in [0.25, 0.3) is 0 Å². The Balaban J connectivity index is 1.85. The van der Waals surface area contributed by atoms with E-state index in [0.29, 0.717) is 5.57 Å². The second-order valence-electron chi connectivity index (χ2n) is 5.43. The van der Waals surface area contributed by atoms with Gasteiger partial charge in [0.1, 0.15) is 6.10 Å². The zero-order valence-corrected chi connectivity index (χ0v) is 10.2. The Morgan fingerprint density at radius 2 is 1.81 bits per heavy atom. The summed E-state index contributed by atoms with van der Waals surface area (Å²) in [7, 11) is 0. The first-order valence-corrected chi connectivity index (χ1v) is 6.53. The average molecular weight is 222 g/mol. The Kier molecular flexibility index (Phi) is 3.67. The molecule has 0 aromatic heterocycles. The third-order valence-corrected chi connectivity index (χ3v) is 4.11. The number of ether oxygens (including phenoxy) is 1. The lowest BCUT2D eigenvalue weighted by Gasteiger charge is -2.38. The highest BCUT2D eigenvalue weighted by atomic mass is 16.5. The lowest BCUT2D eigenvalue weighted by atomic mass is 9.70. The van der Waals surface area contributed by atoms with E-state index in [4.69, 9.17) is 4.74 Å². The summed E-state index contributed by atoms with van der Waals surface area (Å²) in [5.41, 5.74) is 0.519. The third-order valence-electron chi connectivity index (χ3n) is 4.11. The topological polar surface area (TPSA) is 26.3 Å². The predicted molar refractivity (Wildman–Crippen MR) is 64.0 cm³/mol. The quantitative estimate of drug-likeness (QED) is 0.528. The molecule has 0 bridgehead atoms. The minimum Gasteiger partial charge on any atom is -0.459 e. The molecule has 0 radical (unpaired) electrons. The molecule has 0 aromatic rings. The first-order valence-electron chi connectivity index (χ1n) is 6.53. The number of esters is 1. The minimum atomic E-state index is -0.209. The molecule has 2 saturated carbocycles. The van der Waals surface area contributed by atoms with Gasteiger partial charge < -0.3 is 4.74 Å². The maximum absolute atomic E-state index is 11.4. The summed E-state index contributed by atoms with van der Waals surface area (Å²) in [5.74, 6) is 1.51. The van der Waals surface area contributed by atoms with Crippen LogP contribution in [0.5, 0.6) is 0 Å². The largest absolute Gasteiger partial charge is 0.459 e. The molecule has 0 unspecified atom stereocenters. The van der Waals surface area contributed by atoms with Crippen LogP contribution in [-0.2, 0) is 9.53 Å².